The first kappa shape index (κ1) is 15.7. The zero-order chi connectivity index (χ0) is 14.4. The molecule has 0 spiro atoms. The normalized spacial score (nSPS) is 12.2. The average molecular weight is 332 g/mol. The van der Waals surface area contributed by atoms with Gasteiger partial charge < -0.3 is 9.88 Å². The van der Waals surface area contributed by atoms with Gasteiger partial charge >= 0.3 is 0 Å². The molecule has 0 bridgehead atoms. The molecule has 0 aliphatic rings. The fraction of sp³-hybridized carbons (Fsp3) is 0.583. The number of rotatable bonds is 7. The first-order chi connectivity index (χ1) is 8.99. The van der Waals surface area contributed by atoms with Crippen molar-refractivity contribution in [3.05, 3.63) is 28.1 Å². The summed E-state index contributed by atoms with van der Waals surface area (Å²) < 4.78 is 1.47. The number of hydrogen-bond donors (Lipinski definition) is 1. The van der Waals surface area contributed by atoms with Gasteiger partial charge in [-0.25, -0.2) is 0 Å². The lowest BCUT2D eigenvalue weighted by Crippen LogP contribution is -2.30. The first-order valence-electron chi connectivity index (χ1n) is 6.14. The van der Waals surface area contributed by atoms with Crippen LogP contribution in [0.25, 0.3) is 0 Å². The smallest absolute Gasteiger partial charge is 0.287 e. The number of nitro groups is 1. The first-order valence-corrected chi connectivity index (χ1v) is 7.26. The number of nitrogens with zero attached hydrogens (tertiary/aromatic N) is 2. The van der Waals surface area contributed by atoms with Gasteiger partial charge in [-0.1, -0.05) is 29.3 Å². The van der Waals surface area contributed by atoms with Gasteiger partial charge in [-0.3, -0.25) is 14.9 Å². The molecule has 0 radical (unpaired) electrons. The van der Waals surface area contributed by atoms with E-state index in [9.17, 15) is 14.9 Å². The van der Waals surface area contributed by atoms with Crippen molar-refractivity contribution < 1.29 is 9.72 Å². The number of hydrogen-bond acceptors (Lipinski definition) is 3. The molecule has 0 aliphatic heterocycles. The maximum absolute atomic E-state index is 12.0. The van der Waals surface area contributed by atoms with Gasteiger partial charge in [-0.2, -0.15) is 0 Å². The van der Waals surface area contributed by atoms with E-state index in [4.69, 9.17) is 0 Å². The maximum Gasteiger partial charge on any atom is 0.287 e. The fourth-order valence-corrected chi connectivity index (χ4v) is 2.45. The molecular formula is C12H18BrN3O3. The molecule has 6 nitrogen and oxygen atoms in total. The minimum Gasteiger partial charge on any atom is -0.350 e. The second kappa shape index (κ2) is 7.28. The highest BCUT2D eigenvalue weighted by molar-refractivity contribution is 9.09. The Bertz CT molecular complexity index is 459. The average Bonchev–Trinajstić information content (AvgIpc) is 2.76. The molecular weight excluding hydrogens is 314 g/mol. The van der Waals surface area contributed by atoms with Crippen molar-refractivity contribution in [2.24, 2.45) is 13.0 Å². The van der Waals surface area contributed by atoms with E-state index in [1.165, 1.54) is 16.8 Å². The maximum atomic E-state index is 12.0. The van der Waals surface area contributed by atoms with E-state index >= 15 is 0 Å². The van der Waals surface area contributed by atoms with E-state index in [2.05, 4.69) is 28.2 Å². The predicted molar refractivity (Wildman–Crippen MR) is 76.6 cm³/mol. The van der Waals surface area contributed by atoms with Crippen LogP contribution in [0.3, 0.4) is 0 Å². The van der Waals surface area contributed by atoms with Gasteiger partial charge in [0.25, 0.3) is 11.6 Å². The summed E-state index contributed by atoms with van der Waals surface area (Å²) in [7, 11) is 1.62. The monoisotopic (exact) mass is 331 g/mol. The summed E-state index contributed by atoms with van der Waals surface area (Å²) in [6.45, 7) is 2.66. The summed E-state index contributed by atoms with van der Waals surface area (Å²) in [5, 5.41) is 14.4. The molecule has 7 heteroatoms. The SMILES string of the molecule is CCC(CCBr)CNC(=O)c1cc([N+](=O)[O-])cn1C. The van der Waals surface area contributed by atoms with Crippen LogP contribution in [0.4, 0.5) is 5.69 Å². The second-order valence-corrected chi connectivity index (χ2v) is 5.21. The number of amides is 1. The van der Waals surface area contributed by atoms with Crippen LogP contribution in [0.15, 0.2) is 12.3 Å². The van der Waals surface area contributed by atoms with E-state index in [0.29, 0.717) is 18.2 Å². The Balaban J connectivity index is 2.65. The third-order valence-electron chi connectivity index (χ3n) is 3.08. The lowest BCUT2D eigenvalue weighted by atomic mass is 10.0. The number of halogens is 1. The van der Waals surface area contributed by atoms with Gasteiger partial charge in [-0.15, -0.1) is 0 Å². The standard InChI is InChI=1S/C12H18BrN3O3/c1-3-9(4-5-13)7-14-12(17)11-6-10(16(18)19)8-15(11)2/h6,8-9H,3-5,7H2,1-2H3,(H,14,17). The second-order valence-electron chi connectivity index (χ2n) is 4.41. The zero-order valence-electron chi connectivity index (χ0n) is 11.1. The Morgan fingerprint density at radius 3 is 2.79 bits per heavy atom. The molecule has 0 aromatic carbocycles. The Morgan fingerprint density at radius 2 is 2.32 bits per heavy atom. The Morgan fingerprint density at radius 1 is 1.63 bits per heavy atom. The van der Waals surface area contributed by atoms with Crippen LogP contribution in [0.2, 0.25) is 0 Å². The quantitative estimate of drug-likeness (QED) is 0.473. The molecule has 1 unspecified atom stereocenters. The van der Waals surface area contributed by atoms with Crippen molar-refractivity contribution in [1.82, 2.24) is 9.88 Å². The number of aryl methyl sites for hydroxylation is 1. The molecule has 1 aromatic rings. The molecule has 106 valence electrons. The molecule has 0 fully saturated rings. The van der Waals surface area contributed by atoms with Crippen LogP contribution < -0.4 is 5.32 Å². The lowest BCUT2D eigenvalue weighted by molar-refractivity contribution is -0.384. The molecule has 1 aromatic heterocycles. The molecule has 1 amide bonds. The molecule has 0 aliphatic carbocycles. The van der Waals surface area contributed by atoms with Gasteiger partial charge in [-0.05, 0) is 12.3 Å². The van der Waals surface area contributed by atoms with Crippen molar-refractivity contribution >= 4 is 27.5 Å². The number of nitrogens with one attached hydrogen (secondary N) is 1. The fourth-order valence-electron chi connectivity index (χ4n) is 1.81. The van der Waals surface area contributed by atoms with Crippen LogP contribution in [0.5, 0.6) is 0 Å². The van der Waals surface area contributed by atoms with Crippen LogP contribution in [-0.2, 0) is 7.05 Å². The highest BCUT2D eigenvalue weighted by Crippen LogP contribution is 2.15. The summed E-state index contributed by atoms with van der Waals surface area (Å²) in [6.07, 6.45) is 3.31. The summed E-state index contributed by atoms with van der Waals surface area (Å²) >= 11 is 3.38. The summed E-state index contributed by atoms with van der Waals surface area (Å²) in [5.41, 5.74) is 0.237. The number of carbonyl (C=O) groups excluding carboxylic acids is 1. The number of aromatic nitrogens is 1. The van der Waals surface area contributed by atoms with Gasteiger partial charge in [0.05, 0.1) is 11.1 Å². The van der Waals surface area contributed by atoms with Crippen LogP contribution >= 0.6 is 15.9 Å². The van der Waals surface area contributed by atoms with Crippen LogP contribution in [-0.4, -0.2) is 27.3 Å². The van der Waals surface area contributed by atoms with Gasteiger partial charge in [0, 0.05) is 25.0 Å². The largest absolute Gasteiger partial charge is 0.350 e. The molecule has 19 heavy (non-hydrogen) atoms. The lowest BCUT2D eigenvalue weighted by Gasteiger charge is -2.14. The minimum atomic E-state index is -0.504. The van der Waals surface area contributed by atoms with Crippen molar-refractivity contribution in [1.29, 1.82) is 0 Å². The summed E-state index contributed by atoms with van der Waals surface area (Å²) in [4.78, 5) is 22.1. The molecule has 1 atom stereocenters. The molecule has 0 saturated heterocycles. The van der Waals surface area contributed by atoms with Crippen molar-refractivity contribution in [3.63, 3.8) is 0 Å². The summed E-state index contributed by atoms with van der Waals surface area (Å²) in [5.74, 6) is 0.141. The third kappa shape index (κ3) is 4.34. The zero-order valence-corrected chi connectivity index (χ0v) is 12.6. The molecule has 1 rings (SSSR count). The van der Waals surface area contributed by atoms with E-state index < -0.39 is 4.92 Å². The van der Waals surface area contributed by atoms with Crippen LogP contribution in [0.1, 0.15) is 30.3 Å². The summed E-state index contributed by atoms with van der Waals surface area (Å²) in [6, 6.07) is 1.29. The van der Waals surface area contributed by atoms with E-state index in [-0.39, 0.29) is 11.6 Å². The third-order valence-corrected chi connectivity index (χ3v) is 3.54. The van der Waals surface area contributed by atoms with Crippen molar-refractivity contribution in [2.45, 2.75) is 19.8 Å². The van der Waals surface area contributed by atoms with Crippen LogP contribution in [0, 0.1) is 16.0 Å². The Hall–Kier alpha value is -1.37. The Kier molecular flexibility index (Phi) is 6.01. The molecule has 1 heterocycles. The number of carbonyl (C=O) groups is 1. The van der Waals surface area contributed by atoms with Gasteiger partial charge in [0.1, 0.15) is 5.69 Å². The number of alkyl halides is 1. The highest BCUT2D eigenvalue weighted by atomic mass is 79.9. The molecule has 1 N–H and O–H groups in total. The van der Waals surface area contributed by atoms with E-state index in [0.717, 1.165) is 18.2 Å². The van der Waals surface area contributed by atoms with Crippen molar-refractivity contribution in [3.8, 4) is 0 Å². The van der Waals surface area contributed by atoms with E-state index in [1.54, 1.807) is 7.05 Å². The van der Waals surface area contributed by atoms with E-state index in [1.807, 2.05) is 0 Å². The minimum absolute atomic E-state index is 0.0693. The van der Waals surface area contributed by atoms with Gasteiger partial charge in [0.2, 0.25) is 0 Å². The predicted octanol–water partition coefficient (Wildman–Crippen LogP) is 2.47. The topological polar surface area (TPSA) is 77.2 Å². The molecule has 0 saturated carbocycles. The van der Waals surface area contributed by atoms with Gasteiger partial charge in [0.15, 0.2) is 0 Å². The van der Waals surface area contributed by atoms with Crippen molar-refractivity contribution in [2.75, 3.05) is 11.9 Å². The Labute approximate surface area is 120 Å². The highest BCUT2D eigenvalue weighted by Gasteiger charge is 2.18.